The van der Waals surface area contributed by atoms with Crippen molar-refractivity contribution in [3.05, 3.63) is 0 Å². The van der Waals surface area contributed by atoms with E-state index >= 15 is 0 Å². The first kappa shape index (κ1) is 14.5. The lowest BCUT2D eigenvalue weighted by molar-refractivity contribution is -0.142. The van der Waals surface area contributed by atoms with Crippen LogP contribution in [0.25, 0.3) is 0 Å². The Morgan fingerprint density at radius 2 is 2.06 bits per heavy atom. The van der Waals surface area contributed by atoms with Gasteiger partial charge in [-0.25, -0.2) is 4.79 Å². The normalized spacial score (nSPS) is 20.7. The van der Waals surface area contributed by atoms with Gasteiger partial charge in [-0.3, -0.25) is 14.5 Å². The Morgan fingerprint density at radius 3 is 2.56 bits per heavy atom. The van der Waals surface area contributed by atoms with E-state index in [9.17, 15) is 14.4 Å². The fraction of sp³-hybridized carbons (Fsp3) is 0.750. The van der Waals surface area contributed by atoms with Crippen molar-refractivity contribution in [3.63, 3.8) is 0 Å². The van der Waals surface area contributed by atoms with E-state index in [2.05, 4.69) is 0 Å². The molecule has 1 N–H and O–H groups in total. The van der Waals surface area contributed by atoms with Crippen molar-refractivity contribution < 1.29 is 24.2 Å². The van der Waals surface area contributed by atoms with Crippen molar-refractivity contribution in [2.75, 3.05) is 6.54 Å². The number of carboxylic acids is 1. The fourth-order valence-electron chi connectivity index (χ4n) is 1.85. The number of nitrogens with zero attached hydrogens (tertiary/aromatic N) is 1. The summed E-state index contributed by atoms with van der Waals surface area (Å²) in [4.78, 5) is 35.6. The second-order valence-corrected chi connectivity index (χ2v) is 5.36. The van der Waals surface area contributed by atoms with Gasteiger partial charge in [-0.1, -0.05) is 0 Å². The van der Waals surface area contributed by atoms with Crippen molar-refractivity contribution in [1.82, 2.24) is 4.90 Å². The van der Waals surface area contributed by atoms with E-state index in [-0.39, 0.29) is 12.2 Å². The zero-order valence-electron chi connectivity index (χ0n) is 10.9. The molecular formula is C12H19NO5. The molecular weight excluding hydrogens is 238 g/mol. The molecule has 0 bridgehead atoms. The van der Waals surface area contributed by atoms with E-state index in [1.165, 1.54) is 4.90 Å². The van der Waals surface area contributed by atoms with Crippen molar-refractivity contribution in [3.8, 4) is 0 Å². The third-order valence-electron chi connectivity index (χ3n) is 2.57. The van der Waals surface area contributed by atoms with Gasteiger partial charge in [0.2, 0.25) is 0 Å². The number of aliphatic carboxylic acids is 1. The number of hydrogen-bond donors (Lipinski definition) is 1. The molecule has 1 rings (SSSR count). The second-order valence-electron chi connectivity index (χ2n) is 5.36. The number of amides is 1. The lowest BCUT2D eigenvalue weighted by Crippen LogP contribution is -2.51. The molecule has 102 valence electrons. The molecule has 1 saturated heterocycles. The molecule has 0 aromatic heterocycles. The van der Waals surface area contributed by atoms with Crippen LogP contribution >= 0.6 is 0 Å². The summed E-state index contributed by atoms with van der Waals surface area (Å²) in [5.74, 6) is -1.31. The zero-order valence-corrected chi connectivity index (χ0v) is 10.9. The van der Waals surface area contributed by atoms with Crippen LogP contribution in [0.1, 0.15) is 40.0 Å². The topological polar surface area (TPSA) is 83.9 Å². The highest BCUT2D eigenvalue weighted by Gasteiger charge is 2.36. The van der Waals surface area contributed by atoms with Crippen LogP contribution in [0.4, 0.5) is 4.79 Å². The Bertz CT molecular complexity index is 358. The first-order chi connectivity index (χ1) is 8.20. The van der Waals surface area contributed by atoms with Gasteiger partial charge in [0.15, 0.2) is 5.78 Å². The van der Waals surface area contributed by atoms with Crippen LogP contribution in [0.5, 0.6) is 0 Å². The minimum atomic E-state index is -1.09. The molecule has 1 heterocycles. The van der Waals surface area contributed by atoms with E-state index in [1.807, 2.05) is 0 Å². The van der Waals surface area contributed by atoms with Gasteiger partial charge in [0, 0.05) is 13.0 Å². The Kier molecular flexibility index (Phi) is 4.32. The standard InChI is InChI=1S/C12H19NO5/c1-12(2,3)18-11(17)13-6-4-5-9(14)8(13)7-10(15)16/h8H,4-7H2,1-3H3,(H,15,16). The number of ketones is 1. The lowest BCUT2D eigenvalue weighted by atomic mass is 9.98. The molecule has 1 amide bonds. The summed E-state index contributed by atoms with van der Waals surface area (Å²) < 4.78 is 5.18. The highest BCUT2D eigenvalue weighted by atomic mass is 16.6. The van der Waals surface area contributed by atoms with Gasteiger partial charge >= 0.3 is 12.1 Å². The highest BCUT2D eigenvalue weighted by molar-refractivity contribution is 5.91. The van der Waals surface area contributed by atoms with E-state index in [1.54, 1.807) is 20.8 Å². The molecule has 0 radical (unpaired) electrons. The summed E-state index contributed by atoms with van der Waals surface area (Å²) in [6.07, 6.45) is -0.120. The average molecular weight is 257 g/mol. The molecule has 1 fully saturated rings. The Labute approximate surface area is 106 Å². The van der Waals surface area contributed by atoms with Crippen LogP contribution in [-0.2, 0) is 14.3 Å². The molecule has 0 aromatic carbocycles. The fourth-order valence-corrected chi connectivity index (χ4v) is 1.85. The molecule has 0 aromatic rings. The first-order valence-corrected chi connectivity index (χ1v) is 5.95. The molecule has 1 atom stereocenters. The number of piperidine rings is 1. The number of ether oxygens (including phenoxy) is 1. The minimum absolute atomic E-state index is 0.213. The first-order valence-electron chi connectivity index (χ1n) is 5.95. The summed E-state index contributed by atoms with van der Waals surface area (Å²) >= 11 is 0. The predicted octanol–water partition coefficient (Wildman–Crippen LogP) is 1.43. The van der Waals surface area contributed by atoms with Gasteiger partial charge in [0.05, 0.1) is 6.42 Å². The maximum Gasteiger partial charge on any atom is 0.410 e. The number of hydrogen-bond acceptors (Lipinski definition) is 4. The molecule has 1 unspecified atom stereocenters. The number of rotatable bonds is 2. The van der Waals surface area contributed by atoms with Crippen molar-refractivity contribution in [2.24, 2.45) is 0 Å². The van der Waals surface area contributed by atoms with Gasteiger partial charge in [-0.2, -0.15) is 0 Å². The van der Waals surface area contributed by atoms with E-state index in [0.717, 1.165) is 0 Å². The van der Waals surface area contributed by atoms with Crippen LogP contribution in [0, 0.1) is 0 Å². The molecule has 1 aliphatic heterocycles. The summed E-state index contributed by atoms with van der Waals surface area (Å²) in [6, 6.07) is -0.897. The summed E-state index contributed by atoms with van der Waals surface area (Å²) in [6.45, 7) is 5.53. The molecule has 0 saturated carbocycles. The minimum Gasteiger partial charge on any atom is -0.481 e. The van der Waals surface area contributed by atoms with Crippen LogP contribution in [-0.4, -0.2) is 46.0 Å². The summed E-state index contributed by atoms with van der Waals surface area (Å²) in [5, 5.41) is 8.78. The molecule has 6 nitrogen and oxygen atoms in total. The number of carboxylic acid groups (broad SMARTS) is 1. The number of Topliss-reactive ketones (excluding diaryl/α,β-unsaturated/α-hetero) is 1. The van der Waals surface area contributed by atoms with Crippen molar-refractivity contribution in [1.29, 1.82) is 0 Å². The summed E-state index contributed by atoms with van der Waals surface area (Å²) in [7, 11) is 0. The predicted molar refractivity (Wildman–Crippen MR) is 63.2 cm³/mol. The molecule has 0 aliphatic carbocycles. The maximum atomic E-state index is 11.9. The number of carbonyl (C=O) groups excluding carboxylic acids is 2. The Morgan fingerprint density at radius 1 is 1.44 bits per heavy atom. The Hall–Kier alpha value is -1.59. The SMILES string of the molecule is CC(C)(C)OC(=O)N1CCCC(=O)C1CC(=O)O. The van der Waals surface area contributed by atoms with Gasteiger partial charge < -0.3 is 9.84 Å². The van der Waals surface area contributed by atoms with Crippen LogP contribution in [0.3, 0.4) is 0 Å². The average Bonchev–Trinajstić information content (AvgIpc) is 2.17. The van der Waals surface area contributed by atoms with Crippen molar-refractivity contribution >= 4 is 17.8 Å². The smallest absolute Gasteiger partial charge is 0.410 e. The van der Waals surface area contributed by atoms with Gasteiger partial charge in [-0.05, 0) is 27.2 Å². The second kappa shape index (κ2) is 5.37. The van der Waals surface area contributed by atoms with E-state index in [4.69, 9.17) is 9.84 Å². The highest BCUT2D eigenvalue weighted by Crippen LogP contribution is 2.20. The Balaban J connectivity index is 2.79. The third kappa shape index (κ3) is 4.01. The summed E-state index contributed by atoms with van der Waals surface area (Å²) in [5.41, 5.74) is -0.661. The van der Waals surface area contributed by atoms with E-state index in [0.29, 0.717) is 19.4 Å². The lowest BCUT2D eigenvalue weighted by Gasteiger charge is -2.35. The van der Waals surface area contributed by atoms with Crippen molar-refractivity contribution in [2.45, 2.75) is 51.7 Å². The number of likely N-dealkylation sites (tertiary alicyclic amines) is 1. The van der Waals surface area contributed by atoms with Crippen LogP contribution in [0.15, 0.2) is 0 Å². The molecule has 1 aliphatic rings. The van der Waals surface area contributed by atoms with Crippen LogP contribution in [0.2, 0.25) is 0 Å². The third-order valence-corrected chi connectivity index (χ3v) is 2.57. The molecule has 0 spiro atoms. The molecule has 6 heteroatoms. The largest absolute Gasteiger partial charge is 0.481 e. The quantitative estimate of drug-likeness (QED) is 0.809. The van der Waals surface area contributed by atoms with Gasteiger partial charge in [0.25, 0.3) is 0 Å². The maximum absolute atomic E-state index is 11.9. The number of carbonyl (C=O) groups is 3. The molecule has 18 heavy (non-hydrogen) atoms. The van der Waals surface area contributed by atoms with E-state index < -0.39 is 23.7 Å². The van der Waals surface area contributed by atoms with Gasteiger partial charge in [-0.15, -0.1) is 0 Å². The monoisotopic (exact) mass is 257 g/mol. The van der Waals surface area contributed by atoms with Gasteiger partial charge in [0.1, 0.15) is 11.6 Å². The zero-order chi connectivity index (χ0) is 13.9. The van der Waals surface area contributed by atoms with Crippen LogP contribution < -0.4 is 0 Å².